The number of hydrogen-bond donors (Lipinski definition) is 1. The topological polar surface area (TPSA) is 42.4 Å². The van der Waals surface area contributed by atoms with Crippen molar-refractivity contribution in [2.75, 3.05) is 7.11 Å². The van der Waals surface area contributed by atoms with E-state index in [9.17, 15) is 5.11 Å². The summed E-state index contributed by atoms with van der Waals surface area (Å²) in [5.74, 6) is 0.796. The highest BCUT2D eigenvalue weighted by Gasteiger charge is 2.07. The molecule has 0 aliphatic rings. The Labute approximate surface area is 111 Å². The second-order valence-electron chi connectivity index (χ2n) is 4.27. The molecule has 0 bridgehead atoms. The first-order valence-electron chi connectivity index (χ1n) is 6.01. The Morgan fingerprint density at radius 1 is 1.00 bits per heavy atom. The Hall–Kier alpha value is -2.55. The summed E-state index contributed by atoms with van der Waals surface area (Å²) in [7, 11) is 1.57. The van der Waals surface area contributed by atoms with Gasteiger partial charge in [-0.2, -0.15) is 0 Å². The molecule has 94 valence electrons. The summed E-state index contributed by atoms with van der Waals surface area (Å²) in [6.45, 7) is 0. The van der Waals surface area contributed by atoms with E-state index in [1.54, 1.807) is 13.2 Å². The van der Waals surface area contributed by atoms with E-state index in [1.165, 1.54) is 0 Å². The standard InChI is InChI=1S/C16H13NO2/c1-19-12-7-8-13(16(18)10-12)15-9-6-11-4-2-3-5-14(11)17-15/h2-10,18H,1H3. The van der Waals surface area contributed by atoms with E-state index in [4.69, 9.17) is 4.74 Å². The number of aromatic nitrogens is 1. The molecule has 0 unspecified atom stereocenters. The number of phenols is 1. The van der Waals surface area contributed by atoms with Crippen LogP contribution in [0.1, 0.15) is 0 Å². The molecule has 0 aliphatic heterocycles. The Bertz CT molecular complexity index is 738. The number of nitrogens with zero attached hydrogens (tertiary/aromatic N) is 1. The Morgan fingerprint density at radius 2 is 1.84 bits per heavy atom. The monoisotopic (exact) mass is 251 g/mol. The fourth-order valence-electron chi connectivity index (χ4n) is 2.07. The molecular weight excluding hydrogens is 238 g/mol. The zero-order valence-electron chi connectivity index (χ0n) is 10.5. The number of benzene rings is 2. The summed E-state index contributed by atoms with van der Waals surface area (Å²) in [5.41, 5.74) is 2.36. The highest BCUT2D eigenvalue weighted by molar-refractivity contribution is 5.82. The minimum Gasteiger partial charge on any atom is -0.507 e. The third-order valence-electron chi connectivity index (χ3n) is 3.08. The summed E-state index contributed by atoms with van der Waals surface area (Å²) in [6, 6.07) is 17.0. The highest BCUT2D eigenvalue weighted by Crippen LogP contribution is 2.32. The predicted octanol–water partition coefficient (Wildman–Crippen LogP) is 3.62. The van der Waals surface area contributed by atoms with Gasteiger partial charge in [0.25, 0.3) is 0 Å². The molecule has 0 saturated heterocycles. The molecule has 3 aromatic rings. The smallest absolute Gasteiger partial charge is 0.128 e. The van der Waals surface area contributed by atoms with E-state index in [1.807, 2.05) is 48.5 Å². The quantitative estimate of drug-likeness (QED) is 0.756. The minimum atomic E-state index is 0.169. The number of aromatic hydroxyl groups is 1. The normalized spacial score (nSPS) is 10.6. The molecule has 1 aromatic heterocycles. The maximum atomic E-state index is 10.0. The summed E-state index contributed by atoms with van der Waals surface area (Å²) in [4.78, 5) is 4.56. The van der Waals surface area contributed by atoms with Gasteiger partial charge >= 0.3 is 0 Å². The van der Waals surface area contributed by atoms with Crippen molar-refractivity contribution in [2.24, 2.45) is 0 Å². The molecule has 0 radical (unpaired) electrons. The third kappa shape index (κ3) is 2.10. The van der Waals surface area contributed by atoms with Crippen molar-refractivity contribution in [3.05, 3.63) is 54.6 Å². The molecule has 1 heterocycles. The number of pyridine rings is 1. The fraction of sp³-hybridized carbons (Fsp3) is 0.0625. The van der Waals surface area contributed by atoms with Gasteiger partial charge in [-0.25, -0.2) is 4.98 Å². The van der Waals surface area contributed by atoms with Crippen LogP contribution in [0.15, 0.2) is 54.6 Å². The van der Waals surface area contributed by atoms with Crippen LogP contribution in [0, 0.1) is 0 Å². The van der Waals surface area contributed by atoms with Crippen molar-refractivity contribution in [2.45, 2.75) is 0 Å². The molecule has 0 fully saturated rings. The average Bonchev–Trinajstić information content (AvgIpc) is 2.46. The van der Waals surface area contributed by atoms with Crippen molar-refractivity contribution in [3.8, 4) is 22.8 Å². The van der Waals surface area contributed by atoms with Crippen LogP contribution < -0.4 is 4.74 Å². The van der Waals surface area contributed by atoms with Gasteiger partial charge in [0.2, 0.25) is 0 Å². The number of ether oxygens (including phenoxy) is 1. The lowest BCUT2D eigenvalue weighted by Crippen LogP contribution is -1.87. The number of para-hydroxylation sites is 1. The Balaban J connectivity index is 2.13. The van der Waals surface area contributed by atoms with Crippen molar-refractivity contribution in [1.29, 1.82) is 0 Å². The average molecular weight is 251 g/mol. The van der Waals surface area contributed by atoms with Gasteiger partial charge in [-0.3, -0.25) is 0 Å². The third-order valence-corrected chi connectivity index (χ3v) is 3.08. The van der Waals surface area contributed by atoms with Gasteiger partial charge < -0.3 is 9.84 Å². The molecule has 2 aromatic carbocycles. The molecular formula is C16H13NO2. The van der Waals surface area contributed by atoms with Gasteiger partial charge in [-0.15, -0.1) is 0 Å². The second-order valence-corrected chi connectivity index (χ2v) is 4.27. The van der Waals surface area contributed by atoms with Crippen LogP contribution in [-0.4, -0.2) is 17.2 Å². The largest absolute Gasteiger partial charge is 0.507 e. The highest BCUT2D eigenvalue weighted by atomic mass is 16.5. The van der Waals surface area contributed by atoms with Gasteiger partial charge in [-0.05, 0) is 24.3 Å². The summed E-state index contributed by atoms with van der Waals surface area (Å²) >= 11 is 0. The SMILES string of the molecule is COc1ccc(-c2ccc3ccccc3n2)c(O)c1. The molecule has 0 amide bonds. The molecule has 3 rings (SSSR count). The lowest BCUT2D eigenvalue weighted by Gasteiger charge is -2.07. The zero-order valence-corrected chi connectivity index (χ0v) is 10.5. The first kappa shape index (κ1) is 11.5. The minimum absolute atomic E-state index is 0.169. The number of methoxy groups -OCH3 is 1. The molecule has 3 nitrogen and oxygen atoms in total. The van der Waals surface area contributed by atoms with E-state index in [0.717, 1.165) is 16.6 Å². The summed E-state index contributed by atoms with van der Waals surface area (Å²) in [5, 5.41) is 11.1. The van der Waals surface area contributed by atoms with Gasteiger partial charge in [0.05, 0.1) is 18.3 Å². The molecule has 1 N–H and O–H groups in total. The molecule has 0 aliphatic carbocycles. The van der Waals surface area contributed by atoms with E-state index in [-0.39, 0.29) is 5.75 Å². The fourth-order valence-corrected chi connectivity index (χ4v) is 2.07. The van der Waals surface area contributed by atoms with Crippen molar-refractivity contribution in [1.82, 2.24) is 4.98 Å². The van der Waals surface area contributed by atoms with E-state index < -0.39 is 0 Å². The molecule has 3 heteroatoms. The van der Waals surface area contributed by atoms with E-state index >= 15 is 0 Å². The Kier molecular flexibility index (Phi) is 2.80. The predicted molar refractivity (Wildman–Crippen MR) is 75.4 cm³/mol. The van der Waals surface area contributed by atoms with E-state index in [2.05, 4.69) is 4.98 Å². The van der Waals surface area contributed by atoms with Gasteiger partial charge in [0.15, 0.2) is 0 Å². The van der Waals surface area contributed by atoms with Crippen LogP contribution in [0.25, 0.3) is 22.2 Å². The van der Waals surface area contributed by atoms with Crippen molar-refractivity contribution >= 4 is 10.9 Å². The van der Waals surface area contributed by atoms with Crippen LogP contribution in [-0.2, 0) is 0 Å². The van der Waals surface area contributed by atoms with Gasteiger partial charge in [0, 0.05) is 17.0 Å². The number of fused-ring (bicyclic) bond motifs is 1. The number of hydrogen-bond acceptors (Lipinski definition) is 3. The lowest BCUT2D eigenvalue weighted by atomic mass is 10.1. The van der Waals surface area contributed by atoms with Crippen LogP contribution in [0.2, 0.25) is 0 Å². The van der Waals surface area contributed by atoms with Crippen LogP contribution in [0.3, 0.4) is 0 Å². The van der Waals surface area contributed by atoms with Gasteiger partial charge in [-0.1, -0.05) is 24.3 Å². The van der Waals surface area contributed by atoms with E-state index in [0.29, 0.717) is 11.3 Å². The van der Waals surface area contributed by atoms with Crippen molar-refractivity contribution in [3.63, 3.8) is 0 Å². The number of phenolic OH excluding ortho intramolecular Hbond substituents is 1. The van der Waals surface area contributed by atoms with Crippen LogP contribution in [0.5, 0.6) is 11.5 Å². The molecule has 19 heavy (non-hydrogen) atoms. The van der Waals surface area contributed by atoms with Crippen LogP contribution in [0.4, 0.5) is 0 Å². The Morgan fingerprint density at radius 3 is 2.63 bits per heavy atom. The first-order valence-corrected chi connectivity index (χ1v) is 6.01. The maximum absolute atomic E-state index is 10.0. The molecule has 0 atom stereocenters. The number of rotatable bonds is 2. The maximum Gasteiger partial charge on any atom is 0.128 e. The second kappa shape index (κ2) is 4.61. The van der Waals surface area contributed by atoms with Crippen molar-refractivity contribution < 1.29 is 9.84 Å². The summed E-state index contributed by atoms with van der Waals surface area (Å²) < 4.78 is 5.08. The summed E-state index contributed by atoms with van der Waals surface area (Å²) in [6.07, 6.45) is 0. The van der Waals surface area contributed by atoms with Gasteiger partial charge in [0.1, 0.15) is 11.5 Å². The van der Waals surface area contributed by atoms with Crippen LogP contribution >= 0.6 is 0 Å². The first-order chi connectivity index (χ1) is 9.28. The molecule has 0 saturated carbocycles. The zero-order chi connectivity index (χ0) is 13.2. The molecule has 0 spiro atoms. The lowest BCUT2D eigenvalue weighted by molar-refractivity contribution is 0.408.